The van der Waals surface area contributed by atoms with E-state index in [4.69, 9.17) is 0 Å². The fourth-order valence-electron chi connectivity index (χ4n) is 1.47. The normalized spacial score (nSPS) is 11.6. The predicted molar refractivity (Wildman–Crippen MR) is 77.7 cm³/mol. The molecule has 0 radical (unpaired) electrons. The Morgan fingerprint density at radius 2 is 1.72 bits per heavy atom. The van der Waals surface area contributed by atoms with Crippen molar-refractivity contribution in [3.8, 4) is 0 Å². The van der Waals surface area contributed by atoms with Crippen molar-refractivity contribution in [2.24, 2.45) is 0 Å². The second kappa shape index (κ2) is 5.71. The van der Waals surface area contributed by atoms with E-state index >= 15 is 0 Å². The molecule has 18 heavy (non-hydrogen) atoms. The van der Waals surface area contributed by atoms with Gasteiger partial charge in [-0.1, -0.05) is 12.1 Å². The molecule has 1 aromatic rings. The van der Waals surface area contributed by atoms with Gasteiger partial charge in [0.2, 0.25) is 5.91 Å². The van der Waals surface area contributed by atoms with E-state index < -0.39 is 0 Å². The maximum Gasteiger partial charge on any atom is 0.244 e. The highest BCUT2D eigenvalue weighted by Crippen LogP contribution is 2.13. The summed E-state index contributed by atoms with van der Waals surface area (Å²) in [7, 11) is 4.00. The highest BCUT2D eigenvalue weighted by atomic mass is 16.1. The lowest BCUT2D eigenvalue weighted by atomic mass is 10.1. The predicted octanol–water partition coefficient (Wildman–Crippen LogP) is 2.68. The third-order valence-electron chi connectivity index (χ3n) is 2.33. The lowest BCUT2D eigenvalue weighted by Gasteiger charge is -2.19. The van der Waals surface area contributed by atoms with E-state index in [0.29, 0.717) is 0 Å². The topological polar surface area (TPSA) is 32.3 Å². The molecule has 1 rings (SSSR count). The molecule has 0 saturated heterocycles. The van der Waals surface area contributed by atoms with Crippen LogP contribution in [0.2, 0.25) is 0 Å². The molecule has 1 N–H and O–H groups in total. The van der Waals surface area contributed by atoms with Crippen molar-refractivity contribution >= 4 is 17.7 Å². The number of carbonyl (C=O) groups excluding carboxylic acids is 1. The average Bonchev–Trinajstić information content (AvgIpc) is 2.24. The highest BCUT2D eigenvalue weighted by molar-refractivity contribution is 5.92. The maximum absolute atomic E-state index is 11.6. The third-order valence-corrected chi connectivity index (χ3v) is 2.33. The molecule has 3 heteroatoms. The molecule has 0 unspecified atom stereocenters. The van der Waals surface area contributed by atoms with Crippen molar-refractivity contribution in [3.05, 3.63) is 35.9 Å². The van der Waals surface area contributed by atoms with Crippen LogP contribution in [0.3, 0.4) is 0 Å². The number of hydrogen-bond donors (Lipinski definition) is 1. The standard InChI is InChI=1S/C15H22N2O/c1-15(2,3)16-14(18)11-8-12-6-9-13(10-7-12)17(4)5/h6-11H,1-5H3,(H,16,18)/b11-8+. The fourth-order valence-corrected chi connectivity index (χ4v) is 1.47. The van der Waals surface area contributed by atoms with Gasteiger partial charge in [0.05, 0.1) is 0 Å². The zero-order chi connectivity index (χ0) is 13.8. The second-order valence-electron chi connectivity index (χ2n) is 5.56. The molecule has 1 aromatic carbocycles. The van der Waals surface area contributed by atoms with Gasteiger partial charge in [-0.3, -0.25) is 4.79 Å². The van der Waals surface area contributed by atoms with E-state index in [1.807, 2.05) is 70.1 Å². The molecule has 0 bridgehead atoms. The first-order valence-corrected chi connectivity index (χ1v) is 6.05. The van der Waals surface area contributed by atoms with Gasteiger partial charge in [0.15, 0.2) is 0 Å². The first kappa shape index (κ1) is 14.3. The summed E-state index contributed by atoms with van der Waals surface area (Å²) in [4.78, 5) is 13.6. The molecule has 0 saturated carbocycles. The van der Waals surface area contributed by atoms with E-state index in [0.717, 1.165) is 11.3 Å². The van der Waals surface area contributed by atoms with Crippen LogP contribution in [0.1, 0.15) is 26.3 Å². The number of amides is 1. The maximum atomic E-state index is 11.6. The van der Waals surface area contributed by atoms with Crippen LogP contribution in [-0.4, -0.2) is 25.5 Å². The van der Waals surface area contributed by atoms with E-state index in [-0.39, 0.29) is 11.4 Å². The van der Waals surface area contributed by atoms with Crippen molar-refractivity contribution in [1.82, 2.24) is 5.32 Å². The highest BCUT2D eigenvalue weighted by Gasteiger charge is 2.10. The minimum atomic E-state index is -0.198. The molecule has 3 nitrogen and oxygen atoms in total. The number of anilines is 1. The van der Waals surface area contributed by atoms with Crippen LogP contribution in [0.5, 0.6) is 0 Å². The Bertz CT molecular complexity index is 425. The number of carbonyl (C=O) groups is 1. The van der Waals surface area contributed by atoms with Crippen LogP contribution >= 0.6 is 0 Å². The van der Waals surface area contributed by atoms with E-state index in [1.54, 1.807) is 6.08 Å². The molecule has 1 amide bonds. The number of hydrogen-bond acceptors (Lipinski definition) is 2. The average molecular weight is 246 g/mol. The molecule has 0 heterocycles. The first-order valence-electron chi connectivity index (χ1n) is 6.05. The molecule has 0 aliphatic carbocycles. The lowest BCUT2D eigenvalue weighted by molar-refractivity contribution is -0.117. The summed E-state index contributed by atoms with van der Waals surface area (Å²) < 4.78 is 0. The number of rotatable bonds is 3. The van der Waals surface area contributed by atoms with Crippen molar-refractivity contribution in [2.75, 3.05) is 19.0 Å². The molecule has 0 aromatic heterocycles. The largest absolute Gasteiger partial charge is 0.378 e. The van der Waals surface area contributed by atoms with Gasteiger partial charge < -0.3 is 10.2 Å². The van der Waals surface area contributed by atoms with Gasteiger partial charge in [-0.05, 0) is 44.5 Å². The van der Waals surface area contributed by atoms with Crippen molar-refractivity contribution in [2.45, 2.75) is 26.3 Å². The quantitative estimate of drug-likeness (QED) is 0.832. The Hall–Kier alpha value is -1.77. The fraction of sp³-hybridized carbons (Fsp3) is 0.400. The van der Waals surface area contributed by atoms with Gasteiger partial charge in [-0.2, -0.15) is 0 Å². The van der Waals surface area contributed by atoms with Gasteiger partial charge in [0.25, 0.3) is 0 Å². The molecule has 0 aliphatic rings. The summed E-state index contributed by atoms with van der Waals surface area (Å²) in [6.45, 7) is 5.89. The summed E-state index contributed by atoms with van der Waals surface area (Å²) >= 11 is 0. The minimum Gasteiger partial charge on any atom is -0.378 e. The second-order valence-corrected chi connectivity index (χ2v) is 5.56. The van der Waals surface area contributed by atoms with E-state index in [9.17, 15) is 4.79 Å². The van der Waals surface area contributed by atoms with Crippen molar-refractivity contribution < 1.29 is 4.79 Å². The van der Waals surface area contributed by atoms with Gasteiger partial charge in [0.1, 0.15) is 0 Å². The SMILES string of the molecule is CN(C)c1ccc(/C=C/C(=O)NC(C)(C)C)cc1. The summed E-state index contributed by atoms with van der Waals surface area (Å²) in [5, 5.41) is 2.89. The first-order chi connectivity index (χ1) is 8.28. The molecular weight excluding hydrogens is 224 g/mol. The van der Waals surface area contributed by atoms with Crippen LogP contribution in [0.4, 0.5) is 5.69 Å². The van der Waals surface area contributed by atoms with Gasteiger partial charge in [-0.25, -0.2) is 0 Å². The summed E-state index contributed by atoms with van der Waals surface area (Å²) in [5.74, 6) is -0.0702. The molecule has 0 spiro atoms. The zero-order valence-electron chi connectivity index (χ0n) is 11.8. The Morgan fingerprint density at radius 3 is 2.17 bits per heavy atom. The third kappa shape index (κ3) is 5.04. The zero-order valence-corrected chi connectivity index (χ0v) is 11.8. The smallest absolute Gasteiger partial charge is 0.244 e. The number of nitrogens with one attached hydrogen (secondary N) is 1. The Kier molecular flexibility index (Phi) is 4.54. The van der Waals surface area contributed by atoms with Crippen molar-refractivity contribution in [1.29, 1.82) is 0 Å². The monoisotopic (exact) mass is 246 g/mol. The molecular formula is C15H22N2O. The Morgan fingerprint density at radius 1 is 1.17 bits per heavy atom. The molecule has 0 atom stereocenters. The summed E-state index contributed by atoms with van der Waals surface area (Å²) in [6, 6.07) is 8.05. The van der Waals surface area contributed by atoms with E-state index in [2.05, 4.69) is 5.32 Å². The van der Waals surface area contributed by atoms with Crippen LogP contribution < -0.4 is 10.2 Å². The van der Waals surface area contributed by atoms with Gasteiger partial charge in [0, 0.05) is 31.4 Å². The Balaban J connectivity index is 2.65. The lowest BCUT2D eigenvalue weighted by Crippen LogP contribution is -2.39. The van der Waals surface area contributed by atoms with E-state index in [1.165, 1.54) is 0 Å². The molecule has 98 valence electrons. The van der Waals surface area contributed by atoms with Crippen LogP contribution in [-0.2, 0) is 4.79 Å². The van der Waals surface area contributed by atoms with Crippen LogP contribution in [0.15, 0.2) is 30.3 Å². The van der Waals surface area contributed by atoms with Gasteiger partial charge >= 0.3 is 0 Å². The summed E-state index contributed by atoms with van der Waals surface area (Å²) in [6.07, 6.45) is 3.39. The number of nitrogens with zero attached hydrogens (tertiary/aromatic N) is 1. The van der Waals surface area contributed by atoms with Crippen LogP contribution in [0.25, 0.3) is 6.08 Å². The Labute approximate surface area is 109 Å². The van der Waals surface area contributed by atoms with Crippen molar-refractivity contribution in [3.63, 3.8) is 0 Å². The number of benzene rings is 1. The van der Waals surface area contributed by atoms with Crippen LogP contribution in [0, 0.1) is 0 Å². The van der Waals surface area contributed by atoms with Gasteiger partial charge in [-0.15, -0.1) is 0 Å². The molecule has 0 aliphatic heterocycles. The molecule has 0 fully saturated rings. The summed E-state index contributed by atoms with van der Waals surface area (Å²) in [5.41, 5.74) is 1.96. The minimum absolute atomic E-state index is 0.0702.